The molecule has 2 rings (SSSR count). The van der Waals surface area contributed by atoms with Crippen LogP contribution in [0.4, 0.5) is 10.1 Å². The smallest absolute Gasteiger partial charge is 0.256 e. The zero-order chi connectivity index (χ0) is 17.9. The topological polar surface area (TPSA) is 58.2 Å². The Kier molecular flexibility index (Phi) is 5.93. The molecule has 0 atom stereocenters. The summed E-state index contributed by atoms with van der Waals surface area (Å²) in [5, 5.41) is 5.60. The van der Waals surface area contributed by atoms with Gasteiger partial charge < -0.3 is 10.6 Å². The first kappa shape index (κ1) is 18.4. The van der Waals surface area contributed by atoms with E-state index in [1.165, 1.54) is 18.2 Å². The van der Waals surface area contributed by atoms with Crippen LogP contribution in [-0.4, -0.2) is 17.9 Å². The van der Waals surface area contributed by atoms with Crippen LogP contribution in [0.1, 0.15) is 40.1 Å². The number of halogens is 2. The van der Waals surface area contributed by atoms with Crippen LogP contribution < -0.4 is 10.6 Å². The summed E-state index contributed by atoms with van der Waals surface area (Å²) >= 11 is 1.92. The molecule has 24 heavy (non-hydrogen) atoms. The van der Waals surface area contributed by atoms with E-state index < -0.39 is 0 Å². The summed E-state index contributed by atoms with van der Waals surface area (Å²) in [7, 11) is 0. The van der Waals surface area contributed by atoms with E-state index in [4.69, 9.17) is 0 Å². The molecular weight excluding hydrogens is 422 g/mol. The quantitative estimate of drug-likeness (QED) is 0.703. The molecule has 0 aliphatic carbocycles. The lowest BCUT2D eigenvalue weighted by Gasteiger charge is -2.12. The second kappa shape index (κ2) is 7.74. The van der Waals surface area contributed by atoms with Crippen LogP contribution in [0.3, 0.4) is 0 Å². The summed E-state index contributed by atoms with van der Waals surface area (Å²) in [5.41, 5.74) is 2.31. The highest BCUT2D eigenvalue weighted by molar-refractivity contribution is 14.1. The van der Waals surface area contributed by atoms with E-state index >= 15 is 0 Å². The summed E-state index contributed by atoms with van der Waals surface area (Å²) in [4.78, 5) is 24.4. The number of rotatable bonds is 4. The number of amides is 2. The Morgan fingerprint density at radius 1 is 1.04 bits per heavy atom. The van der Waals surface area contributed by atoms with Gasteiger partial charge in [-0.3, -0.25) is 9.59 Å². The first-order valence-electron chi connectivity index (χ1n) is 7.46. The van der Waals surface area contributed by atoms with Gasteiger partial charge in [-0.1, -0.05) is 0 Å². The monoisotopic (exact) mass is 440 g/mol. The Morgan fingerprint density at radius 2 is 1.71 bits per heavy atom. The summed E-state index contributed by atoms with van der Waals surface area (Å²) in [6.07, 6.45) is 0. The maximum absolute atomic E-state index is 13.1. The maximum Gasteiger partial charge on any atom is 0.256 e. The highest BCUT2D eigenvalue weighted by Crippen LogP contribution is 2.19. The number of carbonyl (C=O) groups excluding carboxylic acids is 2. The number of nitrogens with one attached hydrogen (secondary N) is 2. The standard InChI is InChI=1S/C18H18FIN2O2/c1-10(2)21-17(23)14-7-5-13(8-11(14)3)22-18(24)15-6-4-12(19)9-16(15)20/h4-10H,1-3H3,(H,21,23)(H,22,24). The lowest BCUT2D eigenvalue weighted by atomic mass is 10.1. The van der Waals surface area contributed by atoms with E-state index in [1.807, 2.05) is 43.4 Å². The number of benzene rings is 2. The number of carbonyl (C=O) groups is 2. The van der Waals surface area contributed by atoms with Gasteiger partial charge in [-0.05, 0) is 85.3 Å². The molecule has 0 radical (unpaired) electrons. The predicted molar refractivity (Wildman–Crippen MR) is 101 cm³/mol. The lowest BCUT2D eigenvalue weighted by molar-refractivity contribution is 0.0942. The van der Waals surface area contributed by atoms with Crippen LogP contribution in [0.2, 0.25) is 0 Å². The molecule has 2 N–H and O–H groups in total. The molecule has 0 aliphatic heterocycles. The highest BCUT2D eigenvalue weighted by Gasteiger charge is 2.14. The molecule has 2 aromatic carbocycles. The fourth-order valence-corrected chi connectivity index (χ4v) is 2.93. The van der Waals surface area contributed by atoms with Gasteiger partial charge in [0.2, 0.25) is 0 Å². The molecule has 6 heteroatoms. The van der Waals surface area contributed by atoms with Crippen LogP contribution in [0, 0.1) is 16.3 Å². The van der Waals surface area contributed by atoms with Crippen molar-refractivity contribution in [1.82, 2.24) is 5.32 Å². The average Bonchev–Trinajstić information content (AvgIpc) is 2.46. The summed E-state index contributed by atoms with van der Waals surface area (Å²) in [6, 6.07) is 9.15. The number of anilines is 1. The van der Waals surface area contributed by atoms with Crippen molar-refractivity contribution >= 4 is 40.1 Å². The largest absolute Gasteiger partial charge is 0.350 e. The first-order chi connectivity index (χ1) is 11.3. The van der Waals surface area contributed by atoms with Gasteiger partial charge in [-0.15, -0.1) is 0 Å². The third-order valence-electron chi connectivity index (χ3n) is 3.32. The van der Waals surface area contributed by atoms with Crippen LogP contribution in [0.25, 0.3) is 0 Å². The molecular formula is C18H18FIN2O2. The van der Waals surface area contributed by atoms with Crippen LogP contribution >= 0.6 is 22.6 Å². The summed E-state index contributed by atoms with van der Waals surface area (Å²) < 4.78 is 13.7. The van der Waals surface area contributed by atoms with Crippen LogP contribution in [0.5, 0.6) is 0 Å². The van der Waals surface area contributed by atoms with Crippen molar-refractivity contribution in [3.8, 4) is 0 Å². The number of hydrogen-bond acceptors (Lipinski definition) is 2. The van der Waals surface area contributed by atoms with Crippen molar-refractivity contribution in [2.75, 3.05) is 5.32 Å². The Balaban J connectivity index is 2.17. The number of hydrogen-bond donors (Lipinski definition) is 2. The van der Waals surface area contributed by atoms with E-state index in [0.717, 1.165) is 5.56 Å². The zero-order valence-corrected chi connectivity index (χ0v) is 15.8. The number of aryl methyl sites for hydroxylation is 1. The average molecular weight is 440 g/mol. The third kappa shape index (κ3) is 4.53. The molecule has 4 nitrogen and oxygen atoms in total. The van der Waals surface area contributed by atoms with Gasteiger partial charge in [-0.25, -0.2) is 4.39 Å². The van der Waals surface area contributed by atoms with Gasteiger partial charge in [0.1, 0.15) is 5.82 Å². The minimum atomic E-state index is -0.382. The molecule has 0 unspecified atom stereocenters. The van der Waals surface area contributed by atoms with Crippen molar-refractivity contribution in [3.63, 3.8) is 0 Å². The molecule has 0 spiro atoms. The first-order valence-corrected chi connectivity index (χ1v) is 8.53. The van der Waals surface area contributed by atoms with E-state index in [0.29, 0.717) is 20.4 Å². The Labute approximate surface area is 154 Å². The fourth-order valence-electron chi connectivity index (χ4n) is 2.21. The van der Waals surface area contributed by atoms with Crippen LogP contribution in [-0.2, 0) is 0 Å². The van der Waals surface area contributed by atoms with Gasteiger partial charge in [0.15, 0.2) is 0 Å². The second-order valence-corrected chi connectivity index (χ2v) is 6.90. The van der Waals surface area contributed by atoms with Crippen molar-refractivity contribution in [2.45, 2.75) is 26.8 Å². The zero-order valence-electron chi connectivity index (χ0n) is 13.6. The van der Waals surface area contributed by atoms with E-state index in [9.17, 15) is 14.0 Å². The molecule has 2 amide bonds. The predicted octanol–water partition coefficient (Wildman–Crippen LogP) is 4.13. The minimum Gasteiger partial charge on any atom is -0.350 e. The van der Waals surface area contributed by atoms with Crippen molar-refractivity contribution in [3.05, 3.63) is 62.5 Å². The summed E-state index contributed by atoms with van der Waals surface area (Å²) in [6.45, 7) is 5.60. The van der Waals surface area contributed by atoms with Crippen molar-refractivity contribution < 1.29 is 14.0 Å². The normalized spacial score (nSPS) is 10.6. The van der Waals surface area contributed by atoms with Gasteiger partial charge in [0.05, 0.1) is 5.56 Å². The third-order valence-corrected chi connectivity index (χ3v) is 4.22. The molecule has 0 bridgehead atoms. The van der Waals surface area contributed by atoms with Crippen molar-refractivity contribution in [2.24, 2.45) is 0 Å². The van der Waals surface area contributed by atoms with Crippen molar-refractivity contribution in [1.29, 1.82) is 0 Å². The molecule has 0 saturated heterocycles. The van der Waals surface area contributed by atoms with Crippen LogP contribution in [0.15, 0.2) is 36.4 Å². The van der Waals surface area contributed by atoms with E-state index in [-0.39, 0.29) is 23.7 Å². The molecule has 0 saturated carbocycles. The Bertz CT molecular complexity index is 791. The van der Waals surface area contributed by atoms with Gasteiger partial charge in [0, 0.05) is 20.9 Å². The molecule has 0 fully saturated rings. The van der Waals surface area contributed by atoms with E-state index in [1.54, 1.807) is 18.2 Å². The fraction of sp³-hybridized carbons (Fsp3) is 0.222. The summed E-state index contributed by atoms with van der Waals surface area (Å²) in [5.74, 6) is -0.848. The lowest BCUT2D eigenvalue weighted by Crippen LogP contribution is -2.30. The second-order valence-electron chi connectivity index (χ2n) is 5.74. The molecule has 0 heterocycles. The SMILES string of the molecule is Cc1cc(NC(=O)c2ccc(F)cc2I)ccc1C(=O)NC(C)C. The van der Waals surface area contributed by atoms with E-state index in [2.05, 4.69) is 10.6 Å². The minimum absolute atomic E-state index is 0.0526. The molecule has 0 aromatic heterocycles. The molecule has 2 aromatic rings. The van der Waals surface area contributed by atoms with Gasteiger partial charge in [0.25, 0.3) is 11.8 Å². The van der Waals surface area contributed by atoms with Gasteiger partial charge >= 0.3 is 0 Å². The Morgan fingerprint density at radius 3 is 2.29 bits per heavy atom. The maximum atomic E-state index is 13.1. The Hall–Kier alpha value is -1.96. The van der Waals surface area contributed by atoms with Gasteiger partial charge in [-0.2, -0.15) is 0 Å². The molecule has 126 valence electrons. The highest BCUT2D eigenvalue weighted by atomic mass is 127. The molecule has 0 aliphatic rings.